The van der Waals surface area contributed by atoms with Crippen molar-refractivity contribution in [2.24, 2.45) is 0 Å². The average molecular weight is 448 g/mol. The summed E-state index contributed by atoms with van der Waals surface area (Å²) in [6.07, 6.45) is 1.55. The Kier molecular flexibility index (Phi) is 6.97. The highest BCUT2D eigenvalue weighted by molar-refractivity contribution is 7.09. The van der Waals surface area contributed by atoms with E-state index in [0.717, 1.165) is 10.4 Å². The van der Waals surface area contributed by atoms with Crippen LogP contribution in [0.25, 0.3) is 10.9 Å². The van der Waals surface area contributed by atoms with Gasteiger partial charge in [0.1, 0.15) is 0 Å². The molecule has 0 aliphatic heterocycles. The minimum Gasteiger partial charge on any atom is -0.351 e. The summed E-state index contributed by atoms with van der Waals surface area (Å²) in [6, 6.07) is 20.9. The van der Waals surface area contributed by atoms with E-state index < -0.39 is 0 Å². The van der Waals surface area contributed by atoms with Gasteiger partial charge in [0.2, 0.25) is 5.91 Å². The molecule has 0 radical (unpaired) electrons. The second-order valence-corrected chi connectivity index (χ2v) is 8.67. The van der Waals surface area contributed by atoms with Gasteiger partial charge >= 0.3 is 5.69 Å². The first-order chi connectivity index (χ1) is 15.6. The van der Waals surface area contributed by atoms with Gasteiger partial charge in [-0.15, -0.1) is 11.3 Å². The van der Waals surface area contributed by atoms with Crippen molar-refractivity contribution in [1.82, 2.24) is 14.5 Å². The van der Waals surface area contributed by atoms with Crippen LogP contribution in [0.3, 0.4) is 0 Å². The van der Waals surface area contributed by atoms with E-state index in [1.807, 2.05) is 66.0 Å². The summed E-state index contributed by atoms with van der Waals surface area (Å²) in [5.41, 5.74) is 1.03. The lowest BCUT2D eigenvalue weighted by atomic mass is 10.2. The van der Waals surface area contributed by atoms with Crippen LogP contribution >= 0.6 is 11.3 Å². The minimum atomic E-state index is -0.320. The first-order valence-electron chi connectivity index (χ1n) is 10.7. The highest BCUT2D eigenvalue weighted by Crippen LogP contribution is 2.11. The molecule has 4 aromatic rings. The summed E-state index contributed by atoms with van der Waals surface area (Å²) in [7, 11) is 0. The van der Waals surface area contributed by atoms with E-state index in [-0.39, 0.29) is 23.7 Å². The Morgan fingerprint density at radius 1 is 0.875 bits per heavy atom. The first-order valence-corrected chi connectivity index (χ1v) is 11.6. The molecule has 0 bridgehead atoms. The summed E-state index contributed by atoms with van der Waals surface area (Å²) >= 11 is 1.61. The normalized spacial score (nSPS) is 11.0. The number of amides is 1. The van der Waals surface area contributed by atoms with Crippen molar-refractivity contribution < 1.29 is 4.79 Å². The van der Waals surface area contributed by atoms with Crippen LogP contribution in [-0.2, 0) is 24.4 Å². The highest BCUT2D eigenvalue weighted by atomic mass is 32.1. The maximum atomic E-state index is 13.2. The Labute approximate surface area is 189 Å². The number of benzene rings is 2. The van der Waals surface area contributed by atoms with E-state index in [2.05, 4.69) is 5.32 Å². The van der Waals surface area contributed by atoms with Crippen molar-refractivity contribution in [3.63, 3.8) is 0 Å². The predicted molar refractivity (Wildman–Crippen MR) is 128 cm³/mol. The number of unbranched alkanes of at least 4 members (excludes halogenated alkanes) is 1. The minimum absolute atomic E-state index is 0.0225. The van der Waals surface area contributed by atoms with Gasteiger partial charge in [-0.1, -0.05) is 48.5 Å². The van der Waals surface area contributed by atoms with Gasteiger partial charge in [-0.3, -0.25) is 18.7 Å². The number of carbonyl (C=O) groups is 1. The second kappa shape index (κ2) is 10.2. The molecule has 1 amide bonds. The van der Waals surface area contributed by atoms with Gasteiger partial charge < -0.3 is 5.32 Å². The van der Waals surface area contributed by atoms with Crippen LogP contribution < -0.4 is 16.6 Å². The Hall–Kier alpha value is -3.45. The molecule has 0 aliphatic carbocycles. The monoisotopic (exact) mass is 447 g/mol. The third kappa shape index (κ3) is 5.06. The molecule has 6 nitrogen and oxygen atoms in total. The first kappa shape index (κ1) is 21.8. The number of para-hydroxylation sites is 1. The van der Waals surface area contributed by atoms with Crippen molar-refractivity contribution in [1.29, 1.82) is 0 Å². The molecule has 0 saturated heterocycles. The molecule has 2 heterocycles. The van der Waals surface area contributed by atoms with Crippen molar-refractivity contribution in [3.05, 3.63) is 103 Å². The van der Waals surface area contributed by atoms with Crippen molar-refractivity contribution in [3.8, 4) is 0 Å². The fourth-order valence-corrected chi connectivity index (χ4v) is 4.37. The SMILES string of the molecule is O=C(CCCCn1c(=O)c2ccccc2n(Cc2ccccc2)c1=O)NCc1cccs1. The predicted octanol–water partition coefficient (Wildman–Crippen LogP) is 3.76. The number of hydrogen-bond acceptors (Lipinski definition) is 4. The van der Waals surface area contributed by atoms with Crippen molar-refractivity contribution in [2.45, 2.75) is 38.9 Å². The third-order valence-corrected chi connectivity index (χ3v) is 6.27. The number of aromatic nitrogens is 2. The summed E-state index contributed by atoms with van der Waals surface area (Å²) in [5.74, 6) is -0.0225. The maximum absolute atomic E-state index is 13.2. The third-order valence-electron chi connectivity index (χ3n) is 5.39. The van der Waals surface area contributed by atoms with Gasteiger partial charge in [0.05, 0.1) is 24.0 Å². The molecule has 2 aromatic carbocycles. The Bertz CT molecular complexity index is 1310. The van der Waals surface area contributed by atoms with E-state index in [1.165, 1.54) is 4.57 Å². The molecule has 0 spiro atoms. The quantitative estimate of drug-likeness (QED) is 0.397. The van der Waals surface area contributed by atoms with E-state index in [0.29, 0.717) is 43.3 Å². The molecule has 4 rings (SSSR count). The van der Waals surface area contributed by atoms with Crippen LogP contribution in [0, 0.1) is 0 Å². The fourth-order valence-electron chi connectivity index (χ4n) is 3.73. The molecule has 0 unspecified atom stereocenters. The van der Waals surface area contributed by atoms with Crippen LogP contribution in [0.15, 0.2) is 81.7 Å². The molecule has 1 N–H and O–H groups in total. The molecule has 0 atom stereocenters. The van der Waals surface area contributed by atoms with Gasteiger partial charge in [0.15, 0.2) is 0 Å². The van der Waals surface area contributed by atoms with Gasteiger partial charge in [-0.25, -0.2) is 4.79 Å². The zero-order chi connectivity index (χ0) is 22.3. The van der Waals surface area contributed by atoms with Crippen LogP contribution in [0.1, 0.15) is 29.7 Å². The molecule has 0 saturated carbocycles. The molecule has 32 heavy (non-hydrogen) atoms. The van der Waals surface area contributed by atoms with Crippen molar-refractivity contribution in [2.75, 3.05) is 0 Å². The standard InChI is InChI=1S/C25H25N3O3S/c29-23(26-17-20-11-8-16-32-20)14-6-7-15-27-24(30)21-12-4-5-13-22(21)28(25(27)31)18-19-9-2-1-3-10-19/h1-5,8-13,16H,6-7,14-15,17-18H2,(H,26,29). The Balaban J connectivity index is 1.47. The smallest absolute Gasteiger partial charge is 0.331 e. The number of rotatable bonds is 9. The zero-order valence-electron chi connectivity index (χ0n) is 17.7. The molecule has 0 fully saturated rings. The van der Waals surface area contributed by atoms with Crippen LogP contribution in [0.5, 0.6) is 0 Å². The van der Waals surface area contributed by atoms with Gasteiger partial charge in [-0.2, -0.15) is 0 Å². The van der Waals surface area contributed by atoms with Crippen molar-refractivity contribution >= 4 is 28.1 Å². The average Bonchev–Trinajstić information content (AvgIpc) is 3.34. The number of thiophene rings is 1. The summed E-state index contributed by atoms with van der Waals surface area (Å²) in [5, 5.41) is 5.41. The molecule has 2 aromatic heterocycles. The zero-order valence-corrected chi connectivity index (χ0v) is 18.5. The van der Waals surface area contributed by atoms with E-state index in [4.69, 9.17) is 0 Å². The fraction of sp³-hybridized carbons (Fsp3) is 0.240. The highest BCUT2D eigenvalue weighted by Gasteiger charge is 2.13. The summed E-state index contributed by atoms with van der Waals surface area (Å²) in [6.45, 7) is 1.21. The second-order valence-electron chi connectivity index (χ2n) is 7.64. The summed E-state index contributed by atoms with van der Waals surface area (Å²) < 4.78 is 2.95. The van der Waals surface area contributed by atoms with Gasteiger partial charge in [0.25, 0.3) is 5.56 Å². The number of carbonyl (C=O) groups excluding carboxylic acids is 1. The molecule has 7 heteroatoms. The lowest BCUT2D eigenvalue weighted by molar-refractivity contribution is -0.121. The number of nitrogens with one attached hydrogen (secondary N) is 1. The lowest BCUT2D eigenvalue weighted by Crippen LogP contribution is -2.40. The topological polar surface area (TPSA) is 73.1 Å². The van der Waals surface area contributed by atoms with E-state index >= 15 is 0 Å². The lowest BCUT2D eigenvalue weighted by Gasteiger charge is -2.14. The Morgan fingerprint density at radius 3 is 2.44 bits per heavy atom. The van der Waals surface area contributed by atoms with Gasteiger partial charge in [-0.05, 0) is 42.0 Å². The van der Waals surface area contributed by atoms with E-state index in [1.54, 1.807) is 22.0 Å². The van der Waals surface area contributed by atoms with Crippen LogP contribution in [0.4, 0.5) is 0 Å². The maximum Gasteiger partial charge on any atom is 0.331 e. The summed E-state index contributed by atoms with van der Waals surface area (Å²) in [4.78, 5) is 39.4. The molecule has 0 aliphatic rings. The molecule has 164 valence electrons. The van der Waals surface area contributed by atoms with Crippen LogP contribution in [0.2, 0.25) is 0 Å². The molecular formula is C25H25N3O3S. The van der Waals surface area contributed by atoms with Gasteiger partial charge in [0, 0.05) is 17.8 Å². The van der Waals surface area contributed by atoms with Crippen LogP contribution in [-0.4, -0.2) is 15.0 Å². The Morgan fingerprint density at radius 2 is 1.66 bits per heavy atom. The number of hydrogen-bond donors (Lipinski definition) is 1. The molecular weight excluding hydrogens is 422 g/mol. The number of nitrogens with zero attached hydrogens (tertiary/aromatic N) is 2. The number of fused-ring (bicyclic) bond motifs is 1. The largest absolute Gasteiger partial charge is 0.351 e. The van der Waals surface area contributed by atoms with E-state index in [9.17, 15) is 14.4 Å².